The highest BCUT2D eigenvalue weighted by atomic mass is 16.3. The molecule has 0 aliphatic rings. The second-order valence-electron chi connectivity index (χ2n) is 4.34. The fourth-order valence-corrected chi connectivity index (χ4v) is 1.69. The van der Waals surface area contributed by atoms with E-state index in [-0.39, 0.29) is 12.1 Å². The van der Waals surface area contributed by atoms with Crippen LogP contribution in [0.5, 0.6) is 0 Å². The minimum atomic E-state index is 0.0991. The summed E-state index contributed by atoms with van der Waals surface area (Å²) in [6, 6.07) is 0. The first-order valence-corrected chi connectivity index (χ1v) is 6.20. The average molecular weight is 216 g/mol. The molecule has 0 aromatic rings. The molecule has 0 aliphatic carbocycles. The Kier molecular flexibility index (Phi) is 8.02. The number of hydrogen-bond donors (Lipinski definition) is 2. The van der Waals surface area contributed by atoms with Crippen LogP contribution in [-0.4, -0.2) is 48.3 Å². The maximum absolute atomic E-state index is 8.98. The molecule has 0 amide bonds. The molecule has 2 N–H and O–H groups in total. The topological polar surface area (TPSA) is 35.5 Å². The predicted octanol–water partition coefficient (Wildman–Crippen LogP) is 1.47. The van der Waals surface area contributed by atoms with Crippen molar-refractivity contribution in [1.29, 1.82) is 0 Å². The van der Waals surface area contributed by atoms with E-state index in [2.05, 4.69) is 37.9 Å². The van der Waals surface area contributed by atoms with Crippen molar-refractivity contribution in [2.24, 2.45) is 0 Å². The van der Waals surface area contributed by atoms with Gasteiger partial charge < -0.3 is 15.3 Å². The first kappa shape index (κ1) is 14.9. The zero-order chi connectivity index (χ0) is 11.7. The van der Waals surface area contributed by atoms with Gasteiger partial charge in [-0.2, -0.15) is 0 Å². The molecule has 0 spiro atoms. The summed E-state index contributed by atoms with van der Waals surface area (Å²) in [7, 11) is 0. The second kappa shape index (κ2) is 8.08. The molecule has 92 valence electrons. The Morgan fingerprint density at radius 1 is 1.20 bits per heavy atom. The largest absolute Gasteiger partial charge is 0.396 e. The van der Waals surface area contributed by atoms with Gasteiger partial charge >= 0.3 is 0 Å². The Hall–Kier alpha value is -0.120. The fraction of sp³-hybridized carbons (Fsp3) is 1.00. The van der Waals surface area contributed by atoms with E-state index in [0.717, 1.165) is 39.0 Å². The minimum Gasteiger partial charge on any atom is -0.396 e. The quantitative estimate of drug-likeness (QED) is 0.612. The number of rotatable bonds is 9. The van der Waals surface area contributed by atoms with Gasteiger partial charge in [0.15, 0.2) is 0 Å². The summed E-state index contributed by atoms with van der Waals surface area (Å²) in [4.78, 5) is 2.40. The van der Waals surface area contributed by atoms with Gasteiger partial charge in [-0.25, -0.2) is 0 Å². The van der Waals surface area contributed by atoms with Crippen molar-refractivity contribution in [3.63, 3.8) is 0 Å². The Bertz CT molecular complexity index is 149. The third-order valence-electron chi connectivity index (χ3n) is 3.32. The third-order valence-corrected chi connectivity index (χ3v) is 3.32. The number of nitrogens with zero attached hydrogens (tertiary/aromatic N) is 1. The van der Waals surface area contributed by atoms with E-state index in [0.29, 0.717) is 0 Å². The Balaban J connectivity index is 3.80. The van der Waals surface area contributed by atoms with Crippen LogP contribution in [0.1, 0.15) is 40.5 Å². The van der Waals surface area contributed by atoms with Gasteiger partial charge in [0.1, 0.15) is 0 Å². The predicted molar refractivity (Wildman–Crippen MR) is 66.2 cm³/mol. The molecule has 0 fully saturated rings. The van der Waals surface area contributed by atoms with Crippen molar-refractivity contribution in [2.75, 3.05) is 32.8 Å². The summed E-state index contributed by atoms with van der Waals surface area (Å²) in [5.74, 6) is 0. The molecule has 0 heterocycles. The van der Waals surface area contributed by atoms with Crippen LogP contribution in [0.3, 0.4) is 0 Å². The summed E-state index contributed by atoms with van der Waals surface area (Å²) >= 11 is 0. The minimum absolute atomic E-state index is 0.0991. The smallest absolute Gasteiger partial charge is 0.0448 e. The first-order chi connectivity index (χ1) is 7.11. The SMILES string of the molecule is CCN(CC)CCNC(C)(CC)CCO. The molecule has 0 bridgehead atoms. The van der Waals surface area contributed by atoms with Crippen LogP contribution < -0.4 is 5.32 Å². The molecule has 3 heteroatoms. The van der Waals surface area contributed by atoms with Gasteiger partial charge in [-0.05, 0) is 32.9 Å². The van der Waals surface area contributed by atoms with Crippen molar-refractivity contribution < 1.29 is 5.11 Å². The number of aliphatic hydroxyl groups is 1. The van der Waals surface area contributed by atoms with E-state index in [1.54, 1.807) is 0 Å². The van der Waals surface area contributed by atoms with Crippen LogP contribution in [0.25, 0.3) is 0 Å². The van der Waals surface area contributed by atoms with Crippen LogP contribution >= 0.6 is 0 Å². The molecule has 1 unspecified atom stereocenters. The van der Waals surface area contributed by atoms with Crippen molar-refractivity contribution in [3.05, 3.63) is 0 Å². The lowest BCUT2D eigenvalue weighted by molar-refractivity contribution is 0.206. The Morgan fingerprint density at radius 2 is 1.80 bits per heavy atom. The highest BCUT2D eigenvalue weighted by Crippen LogP contribution is 2.12. The lowest BCUT2D eigenvalue weighted by Gasteiger charge is -2.30. The van der Waals surface area contributed by atoms with Gasteiger partial charge in [0.05, 0.1) is 0 Å². The van der Waals surface area contributed by atoms with E-state index in [9.17, 15) is 0 Å². The molecule has 1 atom stereocenters. The number of likely N-dealkylation sites (N-methyl/N-ethyl adjacent to an activating group) is 1. The summed E-state index contributed by atoms with van der Waals surface area (Å²) in [6.07, 6.45) is 1.90. The van der Waals surface area contributed by atoms with E-state index in [1.807, 2.05) is 0 Å². The zero-order valence-electron chi connectivity index (χ0n) is 10.8. The van der Waals surface area contributed by atoms with Crippen LogP contribution in [0.4, 0.5) is 0 Å². The highest BCUT2D eigenvalue weighted by Gasteiger charge is 2.19. The summed E-state index contributed by atoms with van der Waals surface area (Å²) in [6.45, 7) is 13.3. The third kappa shape index (κ3) is 6.13. The van der Waals surface area contributed by atoms with Crippen LogP contribution in [0.15, 0.2) is 0 Å². The van der Waals surface area contributed by atoms with Crippen molar-refractivity contribution >= 4 is 0 Å². The van der Waals surface area contributed by atoms with Crippen LogP contribution in [-0.2, 0) is 0 Å². The number of aliphatic hydroxyl groups excluding tert-OH is 1. The van der Waals surface area contributed by atoms with Gasteiger partial charge in [-0.1, -0.05) is 20.8 Å². The Labute approximate surface area is 94.9 Å². The summed E-state index contributed by atoms with van der Waals surface area (Å²) in [5.41, 5.74) is 0.0991. The molecule has 0 aromatic heterocycles. The second-order valence-corrected chi connectivity index (χ2v) is 4.34. The van der Waals surface area contributed by atoms with Crippen LogP contribution in [0.2, 0.25) is 0 Å². The molecule has 0 rings (SSSR count). The van der Waals surface area contributed by atoms with Gasteiger partial charge in [-0.3, -0.25) is 0 Å². The van der Waals surface area contributed by atoms with Crippen molar-refractivity contribution in [1.82, 2.24) is 10.2 Å². The molecular weight excluding hydrogens is 188 g/mol. The van der Waals surface area contributed by atoms with E-state index in [1.165, 1.54) is 0 Å². The van der Waals surface area contributed by atoms with Gasteiger partial charge in [0.2, 0.25) is 0 Å². The lowest BCUT2D eigenvalue weighted by Crippen LogP contribution is -2.46. The maximum atomic E-state index is 8.98. The molecule has 15 heavy (non-hydrogen) atoms. The van der Waals surface area contributed by atoms with Gasteiger partial charge in [0.25, 0.3) is 0 Å². The molecular formula is C12H28N2O. The fourth-order valence-electron chi connectivity index (χ4n) is 1.69. The number of nitrogens with one attached hydrogen (secondary N) is 1. The van der Waals surface area contributed by atoms with Crippen molar-refractivity contribution in [3.8, 4) is 0 Å². The van der Waals surface area contributed by atoms with Gasteiger partial charge in [-0.15, -0.1) is 0 Å². The van der Waals surface area contributed by atoms with Gasteiger partial charge in [0, 0.05) is 25.2 Å². The molecule has 0 saturated heterocycles. The average Bonchev–Trinajstić information content (AvgIpc) is 2.25. The summed E-state index contributed by atoms with van der Waals surface area (Å²) < 4.78 is 0. The summed E-state index contributed by atoms with van der Waals surface area (Å²) in [5, 5.41) is 12.5. The zero-order valence-corrected chi connectivity index (χ0v) is 10.8. The van der Waals surface area contributed by atoms with Crippen molar-refractivity contribution in [2.45, 2.75) is 46.1 Å². The van der Waals surface area contributed by atoms with E-state index < -0.39 is 0 Å². The standard InChI is InChI=1S/C12H28N2O/c1-5-12(4,8-11-15)13-9-10-14(6-2)7-3/h13,15H,5-11H2,1-4H3. The maximum Gasteiger partial charge on any atom is 0.0448 e. The normalized spacial score (nSPS) is 15.6. The first-order valence-electron chi connectivity index (χ1n) is 6.20. The van der Waals surface area contributed by atoms with Crippen LogP contribution in [0, 0.1) is 0 Å². The molecule has 0 aromatic carbocycles. The number of hydrogen-bond acceptors (Lipinski definition) is 3. The monoisotopic (exact) mass is 216 g/mol. The van der Waals surface area contributed by atoms with E-state index >= 15 is 0 Å². The lowest BCUT2D eigenvalue weighted by atomic mass is 9.95. The highest BCUT2D eigenvalue weighted by molar-refractivity contribution is 4.81. The molecule has 3 nitrogen and oxygen atoms in total. The molecule has 0 aliphatic heterocycles. The molecule has 0 radical (unpaired) electrons. The Morgan fingerprint density at radius 3 is 2.20 bits per heavy atom. The molecule has 0 saturated carbocycles. The van der Waals surface area contributed by atoms with E-state index in [4.69, 9.17) is 5.11 Å².